The Morgan fingerprint density at radius 3 is 2.54 bits per heavy atom. The van der Waals surface area contributed by atoms with Gasteiger partial charge in [-0.3, -0.25) is 19.7 Å². The maximum atomic E-state index is 12.4. The van der Waals surface area contributed by atoms with Gasteiger partial charge in [-0.15, -0.1) is 0 Å². The predicted molar refractivity (Wildman–Crippen MR) is 218 cm³/mol. The average Bonchev–Trinajstić information content (AvgIpc) is 3.65. The Balaban J connectivity index is 0.740. The first-order valence-corrected chi connectivity index (χ1v) is 20.0. The van der Waals surface area contributed by atoms with E-state index in [1.54, 1.807) is 4.90 Å². The SMILES string of the molecule is Cc1cc(N2CCC(CN3CCC(Cn4cc(Nc5ncc6ccc(-c7cnc8c(c7C)NCCO8)cc6n5)cn4)CC3)CC2)ccc1N1CCC(=O)NC1=O. The van der Waals surface area contributed by atoms with Crippen LogP contribution >= 0.6 is 0 Å². The van der Waals surface area contributed by atoms with Crippen molar-refractivity contribution in [2.24, 2.45) is 11.8 Å². The zero-order chi connectivity index (χ0) is 38.2. The Labute approximate surface area is 326 Å². The van der Waals surface area contributed by atoms with Crippen LogP contribution in [-0.2, 0) is 11.3 Å². The molecule has 7 heterocycles. The van der Waals surface area contributed by atoms with Crippen molar-refractivity contribution in [1.29, 1.82) is 0 Å². The summed E-state index contributed by atoms with van der Waals surface area (Å²) in [6.45, 7) is 12.4. The molecule has 0 radical (unpaired) electrons. The number of likely N-dealkylation sites (tertiary alicyclic amines) is 1. The minimum absolute atomic E-state index is 0.209. The summed E-state index contributed by atoms with van der Waals surface area (Å²) in [5, 5.41) is 14.9. The van der Waals surface area contributed by atoms with Crippen molar-refractivity contribution in [3.8, 4) is 17.0 Å². The maximum absolute atomic E-state index is 12.4. The fraction of sp³-hybridized carbons (Fsp3) is 0.429. The molecule has 290 valence electrons. The molecule has 0 aliphatic carbocycles. The summed E-state index contributed by atoms with van der Waals surface area (Å²) in [5.74, 6) is 2.30. The topological polar surface area (TPSA) is 146 Å². The van der Waals surface area contributed by atoms with Crippen molar-refractivity contribution in [2.75, 3.05) is 72.9 Å². The van der Waals surface area contributed by atoms with E-state index in [1.165, 1.54) is 37.9 Å². The number of urea groups is 1. The fourth-order valence-electron chi connectivity index (χ4n) is 8.71. The molecule has 3 fully saturated rings. The smallest absolute Gasteiger partial charge is 0.328 e. The van der Waals surface area contributed by atoms with Gasteiger partial charge in [0.2, 0.25) is 17.7 Å². The highest BCUT2D eigenvalue weighted by Gasteiger charge is 2.28. The molecule has 3 N–H and O–H groups in total. The molecule has 3 amide bonds. The van der Waals surface area contributed by atoms with Crippen LogP contribution in [0.1, 0.15) is 43.2 Å². The number of carbonyl (C=O) groups is 2. The van der Waals surface area contributed by atoms with Gasteiger partial charge in [0.25, 0.3) is 0 Å². The normalized spacial score (nSPS) is 18.4. The lowest BCUT2D eigenvalue weighted by Crippen LogP contribution is -2.49. The summed E-state index contributed by atoms with van der Waals surface area (Å²) in [6, 6.07) is 12.2. The van der Waals surface area contributed by atoms with Gasteiger partial charge in [-0.25, -0.2) is 19.7 Å². The van der Waals surface area contributed by atoms with E-state index in [-0.39, 0.29) is 11.9 Å². The first kappa shape index (κ1) is 35.9. The molecule has 4 aliphatic heterocycles. The van der Waals surface area contributed by atoms with Crippen molar-refractivity contribution in [1.82, 2.24) is 34.9 Å². The zero-order valence-corrected chi connectivity index (χ0v) is 32.1. The van der Waals surface area contributed by atoms with Gasteiger partial charge in [-0.2, -0.15) is 5.10 Å². The number of anilines is 5. The molecule has 0 unspecified atom stereocenters. The first-order chi connectivity index (χ1) is 27.3. The van der Waals surface area contributed by atoms with Gasteiger partial charge in [-0.05, 0) is 105 Å². The van der Waals surface area contributed by atoms with Crippen LogP contribution in [-0.4, -0.2) is 94.0 Å². The number of fused-ring (bicyclic) bond motifs is 2. The number of aryl methyl sites for hydroxylation is 1. The monoisotopic (exact) mass is 755 g/mol. The standard InChI is InChI=1S/C42H49N11O3/c1-27-19-34(5-6-37(27)53-17-11-38(54)49-42(53)55)51-15-9-29(10-16-51)24-50-13-7-30(8-14-50)25-52-26-33(22-46-52)47-41-45-21-32-4-3-31(20-36(32)48-41)35-23-44-40-39(28(35)2)43-12-18-56-40/h3-6,19-23,26,29-30,43H,7-18,24-25H2,1-2H3,(H,45,47,48)(H,49,54,55). The van der Waals surface area contributed by atoms with Crippen LogP contribution in [0.25, 0.3) is 22.0 Å². The first-order valence-electron chi connectivity index (χ1n) is 20.0. The van der Waals surface area contributed by atoms with Gasteiger partial charge < -0.3 is 25.2 Å². The Bertz CT molecular complexity index is 2260. The van der Waals surface area contributed by atoms with Crippen molar-refractivity contribution >= 4 is 51.5 Å². The Kier molecular flexibility index (Phi) is 9.88. The number of ether oxygens (including phenoxy) is 1. The van der Waals surface area contributed by atoms with Gasteiger partial charge in [-0.1, -0.05) is 12.1 Å². The summed E-state index contributed by atoms with van der Waals surface area (Å²) in [6.07, 6.45) is 12.7. The molecule has 9 rings (SSSR count). The molecule has 5 aromatic rings. The van der Waals surface area contributed by atoms with E-state index in [4.69, 9.17) is 9.72 Å². The number of hydrogen-bond donors (Lipinski definition) is 3. The number of benzene rings is 2. The van der Waals surface area contributed by atoms with E-state index >= 15 is 0 Å². The molecule has 14 nitrogen and oxygen atoms in total. The average molecular weight is 756 g/mol. The van der Waals surface area contributed by atoms with E-state index in [0.29, 0.717) is 43.2 Å². The molecular weight excluding hydrogens is 707 g/mol. The van der Waals surface area contributed by atoms with Gasteiger partial charge in [0.1, 0.15) is 12.3 Å². The molecule has 4 aliphatic rings. The minimum atomic E-state index is -0.335. The molecule has 0 bridgehead atoms. The van der Waals surface area contributed by atoms with Crippen LogP contribution in [0, 0.1) is 25.7 Å². The third-order valence-electron chi connectivity index (χ3n) is 11.9. The lowest BCUT2D eigenvalue weighted by atomic mass is 9.92. The van der Waals surface area contributed by atoms with Gasteiger partial charge in [0, 0.05) is 86.6 Å². The number of imide groups is 1. The van der Waals surface area contributed by atoms with Crippen molar-refractivity contribution in [3.05, 3.63) is 72.3 Å². The molecule has 3 saturated heterocycles. The second-order valence-electron chi connectivity index (χ2n) is 15.7. The molecule has 0 atom stereocenters. The van der Waals surface area contributed by atoms with Gasteiger partial charge in [0.05, 0.1) is 17.4 Å². The van der Waals surface area contributed by atoms with Gasteiger partial charge >= 0.3 is 6.03 Å². The van der Waals surface area contributed by atoms with Crippen LogP contribution in [0.4, 0.5) is 33.5 Å². The summed E-state index contributed by atoms with van der Waals surface area (Å²) in [5.41, 5.74) is 9.03. The highest BCUT2D eigenvalue weighted by molar-refractivity contribution is 6.06. The molecule has 2 aromatic carbocycles. The summed E-state index contributed by atoms with van der Waals surface area (Å²) < 4.78 is 7.77. The number of piperidine rings is 2. The number of nitrogens with zero attached hydrogens (tertiary/aromatic N) is 8. The highest BCUT2D eigenvalue weighted by atomic mass is 16.5. The Hall–Kier alpha value is -5.76. The van der Waals surface area contributed by atoms with Crippen molar-refractivity contribution < 1.29 is 14.3 Å². The van der Waals surface area contributed by atoms with Crippen LogP contribution in [0.5, 0.6) is 5.88 Å². The second kappa shape index (κ2) is 15.4. The zero-order valence-electron chi connectivity index (χ0n) is 32.1. The van der Waals surface area contributed by atoms with Crippen LogP contribution in [0.3, 0.4) is 0 Å². The van der Waals surface area contributed by atoms with E-state index in [1.807, 2.05) is 31.6 Å². The van der Waals surface area contributed by atoms with Crippen molar-refractivity contribution in [2.45, 2.75) is 52.5 Å². The minimum Gasteiger partial charge on any atom is -0.474 e. The van der Waals surface area contributed by atoms with Crippen molar-refractivity contribution in [3.63, 3.8) is 0 Å². The predicted octanol–water partition coefficient (Wildman–Crippen LogP) is 6.13. The Morgan fingerprint density at radius 2 is 1.71 bits per heavy atom. The van der Waals surface area contributed by atoms with Gasteiger partial charge in [0.15, 0.2) is 0 Å². The number of amides is 3. The van der Waals surface area contributed by atoms with E-state index in [9.17, 15) is 9.59 Å². The lowest BCUT2D eigenvalue weighted by molar-refractivity contribution is -0.120. The molecule has 14 heteroatoms. The van der Waals surface area contributed by atoms with Crippen LogP contribution in [0.2, 0.25) is 0 Å². The third-order valence-corrected chi connectivity index (χ3v) is 11.9. The van der Waals surface area contributed by atoms with E-state index < -0.39 is 0 Å². The summed E-state index contributed by atoms with van der Waals surface area (Å²) in [4.78, 5) is 44.7. The van der Waals surface area contributed by atoms with Crippen LogP contribution < -0.4 is 30.5 Å². The molecule has 0 saturated carbocycles. The number of carbonyl (C=O) groups excluding carboxylic acids is 2. The number of hydrogen-bond acceptors (Lipinski definition) is 11. The highest BCUT2D eigenvalue weighted by Crippen LogP contribution is 2.36. The van der Waals surface area contributed by atoms with E-state index in [2.05, 4.69) is 89.0 Å². The fourth-order valence-corrected chi connectivity index (χ4v) is 8.71. The number of nitrogens with one attached hydrogen (secondary N) is 3. The number of pyridine rings is 1. The van der Waals surface area contributed by atoms with E-state index in [0.717, 1.165) is 89.5 Å². The maximum Gasteiger partial charge on any atom is 0.328 e. The second-order valence-corrected chi connectivity index (χ2v) is 15.7. The molecule has 56 heavy (non-hydrogen) atoms. The molecular formula is C42H49N11O3. The Morgan fingerprint density at radius 1 is 0.893 bits per heavy atom. The third kappa shape index (κ3) is 7.57. The summed E-state index contributed by atoms with van der Waals surface area (Å²) >= 11 is 0. The molecule has 0 spiro atoms. The lowest BCUT2D eigenvalue weighted by Gasteiger charge is -2.38. The number of aromatic nitrogens is 5. The largest absolute Gasteiger partial charge is 0.474 e. The molecule has 3 aromatic heterocycles. The van der Waals surface area contributed by atoms with Crippen LogP contribution in [0.15, 0.2) is 61.2 Å². The quantitative estimate of drug-likeness (QED) is 0.160. The number of rotatable bonds is 9. The summed E-state index contributed by atoms with van der Waals surface area (Å²) in [7, 11) is 0.